The minimum absolute atomic E-state index is 0.0357. The zero-order valence-electron chi connectivity index (χ0n) is 15.0. The van der Waals surface area contributed by atoms with Gasteiger partial charge in [0.2, 0.25) is 4.77 Å². The van der Waals surface area contributed by atoms with Crippen LogP contribution in [0.15, 0.2) is 24.3 Å². The summed E-state index contributed by atoms with van der Waals surface area (Å²) in [6, 6.07) is 8.30. The van der Waals surface area contributed by atoms with E-state index < -0.39 is 0 Å². The van der Waals surface area contributed by atoms with Crippen LogP contribution in [0.3, 0.4) is 0 Å². The van der Waals surface area contributed by atoms with E-state index in [4.69, 9.17) is 17.0 Å². The van der Waals surface area contributed by atoms with Gasteiger partial charge in [-0.25, -0.2) is 0 Å². The number of aromatic nitrogens is 3. The van der Waals surface area contributed by atoms with Crippen molar-refractivity contribution in [2.24, 2.45) is 5.92 Å². The summed E-state index contributed by atoms with van der Waals surface area (Å²) >= 11 is 5.66. The first-order chi connectivity index (χ1) is 12.0. The molecule has 0 unspecified atom stereocenters. The van der Waals surface area contributed by atoms with Gasteiger partial charge in [-0.15, -0.1) is 0 Å². The number of quaternary nitrogens is 1. The van der Waals surface area contributed by atoms with E-state index in [2.05, 4.69) is 36.3 Å². The average molecular weight is 361 g/mol. The highest BCUT2D eigenvalue weighted by Gasteiger charge is 2.28. The van der Waals surface area contributed by atoms with Gasteiger partial charge in [-0.3, -0.25) is 9.36 Å². The zero-order valence-corrected chi connectivity index (χ0v) is 15.8. The predicted molar refractivity (Wildman–Crippen MR) is 97.3 cm³/mol. The quantitative estimate of drug-likeness (QED) is 0.661. The average Bonchev–Trinajstić information content (AvgIpc) is 2.89. The second-order valence-corrected chi connectivity index (χ2v) is 7.07. The van der Waals surface area contributed by atoms with Crippen molar-refractivity contribution in [3.05, 3.63) is 40.4 Å². The summed E-state index contributed by atoms with van der Waals surface area (Å²) in [6.45, 7) is 6.63. The number of ether oxygens (including phenoxy) is 1. The van der Waals surface area contributed by atoms with E-state index in [0.717, 1.165) is 44.1 Å². The number of aryl methyl sites for hydroxylation is 2. The number of carbonyl (C=O) groups excluding carboxylic acids is 1. The van der Waals surface area contributed by atoms with Crippen LogP contribution in [0.1, 0.15) is 24.2 Å². The van der Waals surface area contributed by atoms with Crippen LogP contribution in [0, 0.1) is 24.5 Å². The zero-order chi connectivity index (χ0) is 18.0. The number of nitrogens with zero attached hydrogens (tertiary/aromatic N) is 3. The van der Waals surface area contributed by atoms with Crippen LogP contribution in [0.5, 0.6) is 0 Å². The Bertz CT molecular complexity index is 801. The molecule has 0 amide bonds. The predicted octanol–water partition coefficient (Wildman–Crippen LogP) is 1.45. The Kier molecular flexibility index (Phi) is 5.34. The maximum atomic E-state index is 11.6. The maximum absolute atomic E-state index is 11.6. The van der Waals surface area contributed by atoms with Crippen LogP contribution < -0.4 is 4.90 Å². The number of piperidine rings is 1. The molecule has 1 aliphatic heterocycles. The van der Waals surface area contributed by atoms with Crippen LogP contribution in [0.4, 0.5) is 0 Å². The minimum Gasteiger partial charge on any atom is -0.469 e. The molecule has 25 heavy (non-hydrogen) atoms. The van der Waals surface area contributed by atoms with E-state index >= 15 is 0 Å². The van der Waals surface area contributed by atoms with Crippen molar-refractivity contribution in [2.45, 2.75) is 33.4 Å². The summed E-state index contributed by atoms with van der Waals surface area (Å²) in [5, 5.41) is 4.64. The van der Waals surface area contributed by atoms with Gasteiger partial charge in [0.1, 0.15) is 5.82 Å². The highest BCUT2D eigenvalue weighted by molar-refractivity contribution is 7.71. The Morgan fingerprint density at radius 1 is 1.28 bits per heavy atom. The number of nitrogens with one attached hydrogen (secondary N) is 1. The van der Waals surface area contributed by atoms with Gasteiger partial charge in [0.25, 0.3) is 0 Å². The maximum Gasteiger partial charge on any atom is 0.309 e. The van der Waals surface area contributed by atoms with Crippen LogP contribution in [0.25, 0.3) is 5.69 Å². The molecule has 0 saturated carbocycles. The van der Waals surface area contributed by atoms with Gasteiger partial charge in [0.05, 0.1) is 26.1 Å². The molecule has 1 fully saturated rings. The van der Waals surface area contributed by atoms with Crippen molar-refractivity contribution in [2.75, 3.05) is 20.2 Å². The lowest BCUT2D eigenvalue weighted by Crippen LogP contribution is -3.12. The van der Waals surface area contributed by atoms with E-state index in [1.54, 1.807) is 0 Å². The van der Waals surface area contributed by atoms with Crippen molar-refractivity contribution in [3.8, 4) is 5.69 Å². The number of likely N-dealkylation sites (tertiary alicyclic amines) is 1. The van der Waals surface area contributed by atoms with Crippen molar-refractivity contribution in [1.82, 2.24) is 14.3 Å². The van der Waals surface area contributed by atoms with Crippen molar-refractivity contribution in [3.63, 3.8) is 0 Å². The first kappa shape index (κ1) is 17.8. The number of rotatable bonds is 4. The molecule has 0 atom stereocenters. The Labute approximate surface area is 153 Å². The minimum atomic E-state index is -0.0878. The van der Waals surface area contributed by atoms with Crippen LogP contribution in [-0.4, -0.2) is 40.5 Å². The van der Waals surface area contributed by atoms with E-state index in [1.165, 1.54) is 17.6 Å². The topological polar surface area (TPSA) is 53.5 Å². The lowest BCUT2D eigenvalue weighted by atomic mass is 9.97. The van der Waals surface area contributed by atoms with Gasteiger partial charge in [-0.05, 0) is 38.2 Å². The smallest absolute Gasteiger partial charge is 0.309 e. The molecule has 1 aromatic carbocycles. The monoisotopic (exact) mass is 361 g/mol. The fraction of sp³-hybridized carbons (Fsp3) is 0.500. The Balaban J connectivity index is 1.73. The molecule has 1 aromatic heterocycles. The number of methoxy groups -OCH3 is 1. The fourth-order valence-electron chi connectivity index (χ4n) is 3.41. The second-order valence-electron chi connectivity index (χ2n) is 6.71. The Hall–Kier alpha value is -1.99. The lowest BCUT2D eigenvalue weighted by molar-refractivity contribution is -0.929. The summed E-state index contributed by atoms with van der Waals surface area (Å²) in [4.78, 5) is 13.0. The van der Waals surface area contributed by atoms with E-state index in [1.807, 2.05) is 16.2 Å². The molecule has 2 aromatic rings. The molecular formula is C18H25N4O2S+. The van der Waals surface area contributed by atoms with Crippen LogP contribution in [0.2, 0.25) is 0 Å². The van der Waals surface area contributed by atoms with Gasteiger partial charge in [-0.1, -0.05) is 17.7 Å². The van der Waals surface area contributed by atoms with Gasteiger partial charge >= 0.3 is 5.97 Å². The highest BCUT2D eigenvalue weighted by Crippen LogP contribution is 2.14. The third-order valence-electron chi connectivity index (χ3n) is 4.89. The van der Waals surface area contributed by atoms with Crippen molar-refractivity contribution >= 4 is 18.2 Å². The number of carbonyl (C=O) groups is 1. The third kappa shape index (κ3) is 3.82. The van der Waals surface area contributed by atoms with Crippen molar-refractivity contribution in [1.29, 1.82) is 0 Å². The third-order valence-corrected chi connectivity index (χ3v) is 5.29. The van der Waals surface area contributed by atoms with E-state index in [0.29, 0.717) is 4.77 Å². The fourth-order valence-corrected chi connectivity index (χ4v) is 3.75. The molecule has 7 heteroatoms. The van der Waals surface area contributed by atoms with Gasteiger partial charge in [0.15, 0.2) is 6.67 Å². The lowest BCUT2D eigenvalue weighted by Gasteiger charge is -2.27. The molecule has 1 aliphatic rings. The number of benzene rings is 1. The van der Waals surface area contributed by atoms with Gasteiger partial charge < -0.3 is 9.64 Å². The molecule has 1 N–H and O–H groups in total. The summed E-state index contributed by atoms with van der Waals surface area (Å²) < 4.78 is 9.48. The van der Waals surface area contributed by atoms with Crippen LogP contribution in [-0.2, 0) is 16.2 Å². The molecular weight excluding hydrogens is 336 g/mol. The molecule has 0 radical (unpaired) electrons. The van der Waals surface area contributed by atoms with Crippen molar-refractivity contribution < 1.29 is 14.4 Å². The normalized spacial score (nSPS) is 20.4. The number of hydrogen-bond donors (Lipinski definition) is 1. The molecule has 134 valence electrons. The van der Waals surface area contributed by atoms with E-state index in [9.17, 15) is 4.79 Å². The number of hydrogen-bond acceptors (Lipinski definition) is 4. The standard InChI is InChI=1S/C18H24N4O2S/c1-13-4-6-16(7-5-13)22-14(2)19-21(18(22)25)12-20-10-8-15(9-11-20)17(23)24-3/h4-7,15H,8-12H2,1-3H3/p+1. The largest absolute Gasteiger partial charge is 0.469 e. The number of esters is 1. The Morgan fingerprint density at radius 2 is 1.92 bits per heavy atom. The molecule has 3 rings (SSSR count). The summed E-state index contributed by atoms with van der Waals surface area (Å²) in [5.74, 6) is 0.835. The second kappa shape index (κ2) is 7.49. The molecule has 0 aliphatic carbocycles. The molecule has 0 spiro atoms. The first-order valence-electron chi connectivity index (χ1n) is 8.64. The highest BCUT2D eigenvalue weighted by atomic mass is 32.1. The van der Waals surface area contributed by atoms with Gasteiger partial charge in [0, 0.05) is 18.5 Å². The molecule has 6 nitrogen and oxygen atoms in total. The van der Waals surface area contributed by atoms with E-state index in [-0.39, 0.29) is 11.9 Å². The summed E-state index contributed by atoms with van der Waals surface area (Å²) in [7, 11) is 1.46. The van der Waals surface area contributed by atoms with Crippen LogP contribution >= 0.6 is 12.2 Å². The van der Waals surface area contributed by atoms with Gasteiger partial charge in [-0.2, -0.15) is 9.78 Å². The molecule has 0 bridgehead atoms. The first-order valence-corrected chi connectivity index (χ1v) is 9.05. The summed E-state index contributed by atoms with van der Waals surface area (Å²) in [5.41, 5.74) is 2.26. The molecule has 2 heterocycles. The molecule has 1 saturated heterocycles. The SMILES string of the molecule is COC(=O)C1CC[NH+](Cn2nc(C)n(-c3ccc(C)cc3)c2=S)CC1. The Morgan fingerprint density at radius 3 is 2.52 bits per heavy atom. The summed E-state index contributed by atoms with van der Waals surface area (Å²) in [6.07, 6.45) is 1.71.